The maximum Gasteiger partial charge on any atom is 0.255 e. The molecule has 1 atom stereocenters. The van der Waals surface area contributed by atoms with Crippen LogP contribution in [0.5, 0.6) is 0 Å². The van der Waals surface area contributed by atoms with E-state index in [0.717, 1.165) is 16.9 Å². The molecule has 7 heteroatoms. The first-order valence-electron chi connectivity index (χ1n) is 9.18. The minimum atomic E-state index is -0.525. The number of nitrogens with zero attached hydrogens (tertiary/aromatic N) is 4. The first-order valence-corrected chi connectivity index (χ1v) is 9.18. The van der Waals surface area contributed by atoms with Gasteiger partial charge < -0.3 is 9.88 Å². The molecule has 1 amide bonds. The molecule has 2 aromatic carbocycles. The SMILES string of the molecule is Cc1c(C(=O)N[C@@H](c2ccc(F)cc2)c2nccn2C)cnn1-c1ccccc1. The molecule has 2 heterocycles. The van der Waals surface area contributed by atoms with E-state index in [9.17, 15) is 9.18 Å². The van der Waals surface area contributed by atoms with Crippen molar-refractivity contribution in [1.82, 2.24) is 24.6 Å². The molecule has 0 radical (unpaired) electrons. The summed E-state index contributed by atoms with van der Waals surface area (Å²) in [4.78, 5) is 17.5. The van der Waals surface area contributed by atoms with Gasteiger partial charge in [-0.25, -0.2) is 14.1 Å². The quantitative estimate of drug-likeness (QED) is 0.568. The van der Waals surface area contributed by atoms with E-state index in [2.05, 4.69) is 15.4 Å². The molecule has 0 aliphatic carbocycles. The van der Waals surface area contributed by atoms with Crippen molar-refractivity contribution in [2.24, 2.45) is 7.05 Å². The highest BCUT2D eigenvalue weighted by atomic mass is 19.1. The fourth-order valence-electron chi connectivity index (χ4n) is 3.28. The lowest BCUT2D eigenvalue weighted by Crippen LogP contribution is -2.31. The zero-order valence-electron chi connectivity index (χ0n) is 16.1. The zero-order chi connectivity index (χ0) is 20.4. The Morgan fingerprint density at radius 2 is 1.83 bits per heavy atom. The Bertz CT molecular complexity index is 1130. The summed E-state index contributed by atoms with van der Waals surface area (Å²) in [5, 5.41) is 7.38. The van der Waals surface area contributed by atoms with Crippen LogP contribution in [0.25, 0.3) is 5.69 Å². The van der Waals surface area contributed by atoms with Crippen LogP contribution in [0.1, 0.15) is 33.5 Å². The maximum atomic E-state index is 13.4. The Labute approximate surface area is 167 Å². The van der Waals surface area contributed by atoms with Crippen molar-refractivity contribution >= 4 is 5.91 Å². The molecule has 0 bridgehead atoms. The molecule has 0 fully saturated rings. The van der Waals surface area contributed by atoms with Gasteiger partial charge in [-0.1, -0.05) is 30.3 Å². The number of hydrogen-bond acceptors (Lipinski definition) is 3. The molecule has 2 aromatic heterocycles. The van der Waals surface area contributed by atoms with E-state index in [0.29, 0.717) is 11.4 Å². The van der Waals surface area contributed by atoms with E-state index < -0.39 is 6.04 Å². The lowest BCUT2D eigenvalue weighted by molar-refractivity contribution is 0.0940. The highest BCUT2D eigenvalue weighted by Gasteiger charge is 2.24. The second-order valence-corrected chi connectivity index (χ2v) is 6.75. The van der Waals surface area contributed by atoms with Crippen molar-refractivity contribution in [2.45, 2.75) is 13.0 Å². The molecule has 0 aliphatic heterocycles. The molecule has 0 spiro atoms. The van der Waals surface area contributed by atoms with Gasteiger partial charge in [0.15, 0.2) is 0 Å². The van der Waals surface area contributed by atoms with Gasteiger partial charge in [0.05, 0.1) is 23.1 Å². The first kappa shape index (κ1) is 18.6. The van der Waals surface area contributed by atoms with E-state index in [1.54, 1.807) is 35.4 Å². The largest absolute Gasteiger partial charge is 0.338 e. The fraction of sp³-hybridized carbons (Fsp3) is 0.136. The predicted molar refractivity (Wildman–Crippen MR) is 107 cm³/mol. The zero-order valence-corrected chi connectivity index (χ0v) is 16.1. The molecule has 0 saturated heterocycles. The fourth-order valence-corrected chi connectivity index (χ4v) is 3.28. The summed E-state index contributed by atoms with van der Waals surface area (Å²) in [6.07, 6.45) is 5.02. The van der Waals surface area contributed by atoms with Crippen LogP contribution in [0, 0.1) is 12.7 Å². The van der Waals surface area contributed by atoms with E-state index in [1.165, 1.54) is 12.1 Å². The number of aryl methyl sites for hydroxylation is 1. The standard InChI is InChI=1S/C22H20FN5O/c1-15-19(14-25-28(15)18-6-4-3-5-7-18)22(29)26-20(21-24-12-13-27(21)2)16-8-10-17(23)11-9-16/h3-14,20H,1-2H3,(H,26,29)/t20-/m0/s1. The van der Waals surface area contributed by atoms with Gasteiger partial charge >= 0.3 is 0 Å². The van der Waals surface area contributed by atoms with Gasteiger partial charge in [0.2, 0.25) is 0 Å². The second-order valence-electron chi connectivity index (χ2n) is 6.75. The van der Waals surface area contributed by atoms with Gasteiger partial charge in [-0.15, -0.1) is 0 Å². The van der Waals surface area contributed by atoms with Crippen LogP contribution in [-0.4, -0.2) is 25.2 Å². The van der Waals surface area contributed by atoms with Gasteiger partial charge in [-0.2, -0.15) is 5.10 Å². The van der Waals surface area contributed by atoms with Crippen molar-refractivity contribution in [1.29, 1.82) is 0 Å². The van der Waals surface area contributed by atoms with Crippen LogP contribution in [0.3, 0.4) is 0 Å². The van der Waals surface area contributed by atoms with Crippen molar-refractivity contribution in [3.63, 3.8) is 0 Å². The average Bonchev–Trinajstić information content (AvgIpc) is 3.33. The Morgan fingerprint density at radius 3 is 2.48 bits per heavy atom. The molecule has 1 N–H and O–H groups in total. The average molecular weight is 389 g/mol. The number of rotatable bonds is 5. The molecule has 0 aliphatic rings. The number of para-hydroxylation sites is 1. The van der Waals surface area contributed by atoms with Crippen molar-refractivity contribution < 1.29 is 9.18 Å². The number of carbonyl (C=O) groups excluding carboxylic acids is 1. The summed E-state index contributed by atoms with van der Waals surface area (Å²) in [6, 6.07) is 15.1. The number of carbonyl (C=O) groups is 1. The first-order chi connectivity index (χ1) is 14.0. The molecule has 6 nitrogen and oxygen atoms in total. The number of imidazole rings is 1. The van der Waals surface area contributed by atoms with Crippen molar-refractivity contribution in [2.75, 3.05) is 0 Å². The summed E-state index contributed by atoms with van der Waals surface area (Å²) in [5.74, 6) is 0.0405. The van der Waals surface area contributed by atoms with Crippen molar-refractivity contribution in [3.05, 3.63) is 102 Å². The third-order valence-electron chi connectivity index (χ3n) is 4.85. The molecule has 0 unspecified atom stereocenters. The second kappa shape index (κ2) is 7.71. The maximum absolute atomic E-state index is 13.4. The van der Waals surface area contributed by atoms with Crippen LogP contribution in [0.15, 0.2) is 73.2 Å². The Morgan fingerprint density at radius 1 is 1.10 bits per heavy atom. The third kappa shape index (κ3) is 3.67. The Kier molecular flexibility index (Phi) is 4.95. The van der Waals surface area contributed by atoms with E-state index in [1.807, 2.05) is 48.9 Å². The number of halogens is 1. The summed E-state index contributed by atoms with van der Waals surface area (Å²) < 4.78 is 16.9. The predicted octanol–water partition coefficient (Wildman–Crippen LogP) is 3.57. The highest BCUT2D eigenvalue weighted by molar-refractivity contribution is 5.95. The van der Waals surface area contributed by atoms with Crippen molar-refractivity contribution in [3.8, 4) is 5.69 Å². The van der Waals surface area contributed by atoms with E-state index >= 15 is 0 Å². The smallest absolute Gasteiger partial charge is 0.255 e. The molecule has 0 saturated carbocycles. The van der Waals surface area contributed by atoms with Crippen LogP contribution in [-0.2, 0) is 7.05 Å². The van der Waals surface area contributed by atoms with Gasteiger partial charge in [-0.05, 0) is 36.8 Å². The lowest BCUT2D eigenvalue weighted by Gasteiger charge is -2.19. The third-order valence-corrected chi connectivity index (χ3v) is 4.85. The summed E-state index contributed by atoms with van der Waals surface area (Å²) in [5.41, 5.74) is 2.81. The normalized spacial score (nSPS) is 12.0. The summed E-state index contributed by atoms with van der Waals surface area (Å²) >= 11 is 0. The van der Waals surface area contributed by atoms with E-state index in [4.69, 9.17) is 0 Å². The van der Waals surface area contributed by atoms with Gasteiger partial charge in [0.1, 0.15) is 17.7 Å². The lowest BCUT2D eigenvalue weighted by atomic mass is 10.1. The molecular formula is C22H20FN5O. The number of amides is 1. The number of nitrogens with one attached hydrogen (secondary N) is 1. The van der Waals surface area contributed by atoms with Crippen LogP contribution in [0.2, 0.25) is 0 Å². The van der Waals surface area contributed by atoms with Crippen LogP contribution in [0.4, 0.5) is 4.39 Å². The minimum Gasteiger partial charge on any atom is -0.338 e. The number of aromatic nitrogens is 4. The monoisotopic (exact) mass is 389 g/mol. The molecule has 29 heavy (non-hydrogen) atoms. The van der Waals surface area contributed by atoms with Gasteiger partial charge in [0.25, 0.3) is 5.91 Å². The highest BCUT2D eigenvalue weighted by Crippen LogP contribution is 2.22. The van der Waals surface area contributed by atoms with Gasteiger partial charge in [-0.3, -0.25) is 4.79 Å². The van der Waals surface area contributed by atoms with Gasteiger partial charge in [0, 0.05) is 19.4 Å². The Balaban J connectivity index is 1.66. The Hall–Kier alpha value is -3.74. The minimum absolute atomic E-state index is 0.276. The number of benzene rings is 2. The molecule has 4 aromatic rings. The molecule has 4 rings (SSSR count). The van der Waals surface area contributed by atoms with Crippen LogP contribution >= 0.6 is 0 Å². The van der Waals surface area contributed by atoms with E-state index in [-0.39, 0.29) is 11.7 Å². The molecular weight excluding hydrogens is 369 g/mol. The molecule has 146 valence electrons. The van der Waals surface area contributed by atoms with Crippen LogP contribution < -0.4 is 5.32 Å². The topological polar surface area (TPSA) is 64.7 Å². The summed E-state index contributed by atoms with van der Waals surface area (Å²) in [7, 11) is 1.85. The number of hydrogen-bond donors (Lipinski definition) is 1. The summed E-state index contributed by atoms with van der Waals surface area (Å²) in [6.45, 7) is 1.85.